The quantitative estimate of drug-likeness (QED) is 0.0980. The zero-order valence-electron chi connectivity index (χ0n) is 25.0. The van der Waals surface area contributed by atoms with Gasteiger partial charge in [0.1, 0.15) is 18.1 Å². The molecule has 0 fully saturated rings. The summed E-state index contributed by atoms with van der Waals surface area (Å²) in [5, 5.41) is 28.0. The predicted molar refractivity (Wildman–Crippen MR) is 167 cm³/mol. The van der Waals surface area contributed by atoms with E-state index in [1.165, 1.54) is 0 Å². The number of carbonyl (C=O) groups excluding carboxylic acids is 3. The highest BCUT2D eigenvalue weighted by Crippen LogP contribution is 2.21. The summed E-state index contributed by atoms with van der Waals surface area (Å²) in [6.45, 7) is 3.63. The number of carboxylic acids is 2. The van der Waals surface area contributed by atoms with Crippen molar-refractivity contribution in [3.8, 4) is 0 Å². The van der Waals surface area contributed by atoms with Gasteiger partial charge in [-0.1, -0.05) is 56.7 Å². The van der Waals surface area contributed by atoms with Crippen LogP contribution in [-0.4, -0.2) is 74.0 Å². The maximum absolute atomic E-state index is 13.7. The summed E-state index contributed by atoms with van der Waals surface area (Å²) >= 11 is 0. The van der Waals surface area contributed by atoms with Crippen LogP contribution in [0.1, 0.15) is 37.8 Å². The fourth-order valence-corrected chi connectivity index (χ4v) is 5.23. The monoisotopic (exact) mass is 618 g/mol. The molecule has 2 aromatic carbocycles. The summed E-state index contributed by atoms with van der Waals surface area (Å²) in [4.78, 5) is 69.6. The molecule has 4 aromatic rings. The van der Waals surface area contributed by atoms with E-state index < -0.39 is 60.2 Å². The first-order valence-corrected chi connectivity index (χ1v) is 14.7. The Labute approximate surface area is 258 Å². The van der Waals surface area contributed by atoms with Crippen molar-refractivity contribution in [2.24, 2.45) is 11.7 Å². The molecule has 3 amide bonds. The maximum Gasteiger partial charge on any atom is 0.326 e. The third kappa shape index (κ3) is 8.06. The molecule has 9 N–H and O–H groups in total. The minimum atomic E-state index is -1.72. The number of benzene rings is 2. The largest absolute Gasteiger partial charge is 0.481 e. The minimum Gasteiger partial charge on any atom is -0.481 e. The number of aromatic nitrogens is 2. The van der Waals surface area contributed by atoms with Gasteiger partial charge in [-0.05, 0) is 35.6 Å². The zero-order valence-corrected chi connectivity index (χ0v) is 25.0. The van der Waals surface area contributed by atoms with Crippen LogP contribution in [0, 0.1) is 5.92 Å². The molecule has 13 nitrogen and oxygen atoms in total. The highest BCUT2D eigenvalue weighted by atomic mass is 16.4. The third-order valence-electron chi connectivity index (χ3n) is 7.97. The number of amides is 3. The lowest BCUT2D eigenvalue weighted by molar-refractivity contribution is -0.147. The molecule has 0 saturated carbocycles. The zero-order chi connectivity index (χ0) is 32.7. The van der Waals surface area contributed by atoms with Crippen molar-refractivity contribution in [3.63, 3.8) is 0 Å². The van der Waals surface area contributed by atoms with Gasteiger partial charge in [-0.25, -0.2) is 4.79 Å². The van der Waals surface area contributed by atoms with E-state index in [2.05, 4.69) is 25.9 Å². The van der Waals surface area contributed by atoms with Crippen molar-refractivity contribution in [3.05, 3.63) is 72.1 Å². The fourth-order valence-electron chi connectivity index (χ4n) is 5.23. The van der Waals surface area contributed by atoms with Gasteiger partial charge in [0.25, 0.3) is 0 Å². The highest BCUT2D eigenvalue weighted by Gasteiger charge is 2.33. The second kappa shape index (κ2) is 14.5. The molecule has 0 aliphatic heterocycles. The van der Waals surface area contributed by atoms with Crippen LogP contribution in [-0.2, 0) is 36.8 Å². The lowest BCUT2D eigenvalue weighted by Gasteiger charge is -2.28. The molecule has 2 heterocycles. The molecule has 0 aliphatic rings. The van der Waals surface area contributed by atoms with Gasteiger partial charge in [0, 0.05) is 40.6 Å². The molecule has 0 aliphatic carbocycles. The van der Waals surface area contributed by atoms with Gasteiger partial charge in [-0.3, -0.25) is 19.2 Å². The Morgan fingerprint density at radius 3 is 1.82 bits per heavy atom. The van der Waals surface area contributed by atoms with E-state index in [4.69, 9.17) is 10.8 Å². The molecular formula is C32H38N6O7. The number of fused-ring (bicyclic) bond motifs is 2. The van der Waals surface area contributed by atoms with Crippen molar-refractivity contribution < 1.29 is 34.2 Å². The lowest BCUT2D eigenvalue weighted by atomic mass is 9.96. The smallest absolute Gasteiger partial charge is 0.326 e. The molecule has 45 heavy (non-hydrogen) atoms. The van der Waals surface area contributed by atoms with Crippen molar-refractivity contribution in [1.82, 2.24) is 25.9 Å². The lowest BCUT2D eigenvalue weighted by Crippen LogP contribution is -2.59. The van der Waals surface area contributed by atoms with E-state index in [1.807, 2.05) is 55.5 Å². The average Bonchev–Trinajstić information content (AvgIpc) is 3.62. The Morgan fingerprint density at radius 2 is 1.29 bits per heavy atom. The summed E-state index contributed by atoms with van der Waals surface area (Å²) in [6.07, 6.45) is 3.31. The molecule has 0 spiro atoms. The van der Waals surface area contributed by atoms with Crippen molar-refractivity contribution >= 4 is 51.5 Å². The summed E-state index contributed by atoms with van der Waals surface area (Å²) in [5.74, 6) is -5.40. The number of H-pyrrole nitrogens is 2. The van der Waals surface area contributed by atoms with Crippen LogP contribution in [0.2, 0.25) is 0 Å². The Kier molecular flexibility index (Phi) is 10.6. The second-order valence-corrected chi connectivity index (χ2v) is 11.2. The Bertz CT molecular complexity index is 1700. The number of nitrogens with two attached hydrogens (primary N) is 1. The molecule has 0 radical (unpaired) electrons. The number of rotatable bonds is 15. The van der Waals surface area contributed by atoms with Gasteiger partial charge in [0.05, 0.1) is 12.5 Å². The predicted octanol–water partition coefficient (Wildman–Crippen LogP) is 1.82. The number of para-hydroxylation sites is 2. The number of aliphatic carboxylic acids is 2. The van der Waals surface area contributed by atoms with Crippen LogP contribution < -0.4 is 21.7 Å². The number of hydrogen-bond donors (Lipinski definition) is 8. The SMILES string of the molecule is CCC(C)C(NC(=O)C(N)Cc1c[nH]c2ccccc12)C(=O)NC(Cc1c[nH]c2ccccc12)C(=O)NC(CC(=O)O)C(=O)O. The fraction of sp³-hybridized carbons (Fsp3) is 0.344. The molecule has 2 aromatic heterocycles. The van der Waals surface area contributed by atoms with Crippen LogP contribution >= 0.6 is 0 Å². The van der Waals surface area contributed by atoms with E-state index in [0.717, 1.165) is 27.4 Å². The molecule has 0 bridgehead atoms. The van der Waals surface area contributed by atoms with Crippen LogP contribution in [0.5, 0.6) is 0 Å². The minimum absolute atomic E-state index is 0.0394. The summed E-state index contributed by atoms with van der Waals surface area (Å²) in [7, 11) is 0. The number of carboxylic acid groups (broad SMARTS) is 2. The first-order chi connectivity index (χ1) is 21.5. The topological polar surface area (TPSA) is 219 Å². The molecular weight excluding hydrogens is 580 g/mol. The van der Waals surface area contributed by atoms with Crippen molar-refractivity contribution in [2.75, 3.05) is 0 Å². The van der Waals surface area contributed by atoms with Crippen LogP contribution in [0.4, 0.5) is 0 Å². The number of hydrogen-bond acceptors (Lipinski definition) is 6. The van der Waals surface area contributed by atoms with Crippen LogP contribution in [0.15, 0.2) is 60.9 Å². The molecule has 5 unspecified atom stereocenters. The molecule has 4 rings (SSSR count). The van der Waals surface area contributed by atoms with Crippen LogP contribution in [0.25, 0.3) is 21.8 Å². The Balaban J connectivity index is 1.54. The molecule has 5 atom stereocenters. The van der Waals surface area contributed by atoms with Crippen molar-refractivity contribution in [1.29, 1.82) is 0 Å². The average molecular weight is 619 g/mol. The maximum atomic E-state index is 13.7. The van der Waals surface area contributed by atoms with E-state index in [-0.39, 0.29) is 18.8 Å². The molecule has 0 saturated heterocycles. The number of aromatic amines is 2. The normalized spacial score (nSPS) is 14.6. The third-order valence-corrected chi connectivity index (χ3v) is 7.97. The van der Waals surface area contributed by atoms with E-state index in [9.17, 15) is 29.1 Å². The summed E-state index contributed by atoms with van der Waals surface area (Å²) in [6, 6.07) is 9.89. The van der Waals surface area contributed by atoms with Crippen molar-refractivity contribution in [2.45, 2.75) is 63.7 Å². The van der Waals surface area contributed by atoms with E-state index >= 15 is 0 Å². The van der Waals surface area contributed by atoms with Gasteiger partial charge >= 0.3 is 11.9 Å². The Morgan fingerprint density at radius 1 is 0.756 bits per heavy atom. The van der Waals surface area contributed by atoms with Gasteiger partial charge in [0.15, 0.2) is 0 Å². The van der Waals surface area contributed by atoms with E-state index in [0.29, 0.717) is 12.0 Å². The molecule has 13 heteroatoms. The summed E-state index contributed by atoms with van der Waals surface area (Å²) in [5.41, 5.74) is 9.49. The Hall–Kier alpha value is -5.17. The highest BCUT2D eigenvalue weighted by molar-refractivity contribution is 5.96. The summed E-state index contributed by atoms with van der Waals surface area (Å²) < 4.78 is 0. The van der Waals surface area contributed by atoms with E-state index in [1.54, 1.807) is 19.3 Å². The number of carbonyl (C=O) groups is 5. The van der Waals surface area contributed by atoms with Gasteiger partial charge in [-0.2, -0.15) is 0 Å². The van der Waals surface area contributed by atoms with Gasteiger partial charge in [0.2, 0.25) is 17.7 Å². The first kappa shape index (κ1) is 32.7. The van der Waals surface area contributed by atoms with Gasteiger partial charge < -0.3 is 41.9 Å². The molecule has 238 valence electrons. The number of nitrogens with one attached hydrogen (secondary N) is 5. The standard InChI is InChI=1S/C32H38N6O7/c1-3-17(2)28(38-29(41)22(33)12-18-15-34-23-10-6-4-8-20(18)23)31(43)36-25(30(42)37-26(32(44)45)14-27(39)40)13-19-16-35-24-11-7-5-9-21(19)24/h4-11,15-17,22,25-26,28,34-35H,3,12-14,33H2,1-2H3,(H,36,43)(H,37,42)(H,38,41)(H,39,40)(H,44,45). The van der Waals surface area contributed by atoms with Gasteiger partial charge in [-0.15, -0.1) is 0 Å². The van der Waals surface area contributed by atoms with Crippen LogP contribution in [0.3, 0.4) is 0 Å². The second-order valence-electron chi connectivity index (χ2n) is 11.2. The first-order valence-electron chi connectivity index (χ1n) is 14.7.